The van der Waals surface area contributed by atoms with Gasteiger partial charge in [0.15, 0.2) is 0 Å². The molecule has 2 heterocycles. The van der Waals surface area contributed by atoms with Crippen LogP contribution in [0.2, 0.25) is 0 Å². The molecule has 0 aliphatic carbocycles. The van der Waals surface area contributed by atoms with Crippen LogP contribution < -0.4 is 5.73 Å². The van der Waals surface area contributed by atoms with Crippen molar-refractivity contribution in [3.8, 4) is 11.2 Å². The van der Waals surface area contributed by atoms with Gasteiger partial charge in [0.2, 0.25) is 5.13 Å². The highest BCUT2D eigenvalue weighted by atomic mass is 32.1. The van der Waals surface area contributed by atoms with E-state index in [1.165, 1.54) is 27.8 Å². The minimum absolute atomic E-state index is 0.327. The third-order valence-electron chi connectivity index (χ3n) is 2.64. The Kier molecular flexibility index (Phi) is 2.28. The van der Waals surface area contributed by atoms with Crippen molar-refractivity contribution < 1.29 is 0 Å². The highest BCUT2D eigenvalue weighted by molar-refractivity contribution is 7.20. The number of nitriles is 1. The Hall–Kier alpha value is -2.39. The molecule has 6 heteroatoms. The van der Waals surface area contributed by atoms with Gasteiger partial charge in [-0.2, -0.15) is 15.0 Å². The third-order valence-corrected chi connectivity index (χ3v) is 3.63. The van der Waals surface area contributed by atoms with Crippen LogP contribution in [0.3, 0.4) is 0 Å². The van der Waals surface area contributed by atoms with Gasteiger partial charge in [0.05, 0.1) is 16.4 Å². The van der Waals surface area contributed by atoms with Crippen LogP contribution in [0.4, 0.5) is 5.82 Å². The molecule has 2 aromatic heterocycles. The molecule has 0 saturated carbocycles. The van der Waals surface area contributed by atoms with Crippen molar-refractivity contribution in [1.29, 1.82) is 5.26 Å². The predicted molar refractivity (Wildman–Crippen MR) is 70.6 cm³/mol. The molecule has 0 fully saturated rings. The van der Waals surface area contributed by atoms with Crippen LogP contribution in [0.25, 0.3) is 15.3 Å². The van der Waals surface area contributed by atoms with Crippen LogP contribution in [-0.4, -0.2) is 14.8 Å². The lowest BCUT2D eigenvalue weighted by Crippen LogP contribution is -2.01. The van der Waals surface area contributed by atoms with Gasteiger partial charge in [0.1, 0.15) is 17.5 Å². The zero-order valence-corrected chi connectivity index (χ0v) is 10.4. The average molecular weight is 255 g/mol. The molecule has 5 nitrogen and oxygen atoms in total. The van der Waals surface area contributed by atoms with E-state index < -0.39 is 0 Å². The lowest BCUT2D eigenvalue weighted by Gasteiger charge is -1.96. The van der Waals surface area contributed by atoms with Crippen LogP contribution >= 0.6 is 11.3 Å². The van der Waals surface area contributed by atoms with Crippen molar-refractivity contribution in [2.24, 2.45) is 0 Å². The Balaban J connectivity index is 2.20. The summed E-state index contributed by atoms with van der Waals surface area (Å²) in [4.78, 5) is 4.46. The second-order valence-corrected chi connectivity index (χ2v) is 4.94. The molecule has 0 aliphatic rings. The van der Waals surface area contributed by atoms with E-state index in [4.69, 9.17) is 11.0 Å². The monoisotopic (exact) mass is 255 g/mol. The number of anilines is 1. The summed E-state index contributed by atoms with van der Waals surface area (Å²) in [6, 6.07) is 8.05. The van der Waals surface area contributed by atoms with E-state index in [1.54, 1.807) is 0 Å². The average Bonchev–Trinajstić information content (AvgIpc) is 2.91. The van der Waals surface area contributed by atoms with Gasteiger partial charge in [-0.15, -0.1) is 0 Å². The molecule has 0 spiro atoms. The maximum atomic E-state index is 8.85. The first-order valence-electron chi connectivity index (χ1n) is 5.30. The largest absolute Gasteiger partial charge is 0.382 e. The van der Waals surface area contributed by atoms with Crippen molar-refractivity contribution in [2.75, 3.05) is 5.73 Å². The highest BCUT2D eigenvalue weighted by Gasteiger charge is 2.12. The number of aryl methyl sites for hydroxylation is 1. The van der Waals surface area contributed by atoms with E-state index in [0.29, 0.717) is 16.5 Å². The Morgan fingerprint density at radius 2 is 2.28 bits per heavy atom. The first kappa shape index (κ1) is 10.7. The molecule has 0 saturated heterocycles. The minimum atomic E-state index is 0.327. The van der Waals surface area contributed by atoms with Gasteiger partial charge in [-0.25, -0.2) is 4.98 Å². The molecule has 0 aliphatic heterocycles. The Morgan fingerprint density at radius 1 is 1.44 bits per heavy atom. The molecule has 0 unspecified atom stereocenters. The van der Waals surface area contributed by atoms with Crippen molar-refractivity contribution >= 4 is 27.4 Å². The molecule has 3 aromatic rings. The van der Waals surface area contributed by atoms with E-state index in [0.717, 1.165) is 10.2 Å². The summed E-state index contributed by atoms with van der Waals surface area (Å²) in [5.41, 5.74) is 8.30. The van der Waals surface area contributed by atoms with E-state index >= 15 is 0 Å². The Bertz CT molecular complexity index is 777. The van der Waals surface area contributed by atoms with Crippen LogP contribution in [0.1, 0.15) is 11.1 Å². The van der Waals surface area contributed by atoms with E-state index in [9.17, 15) is 0 Å². The molecule has 3 rings (SSSR count). The van der Waals surface area contributed by atoms with Gasteiger partial charge < -0.3 is 5.73 Å². The summed E-state index contributed by atoms with van der Waals surface area (Å²) < 4.78 is 2.58. The number of nitrogens with zero attached hydrogens (tertiary/aromatic N) is 4. The molecule has 0 atom stereocenters. The maximum absolute atomic E-state index is 8.85. The van der Waals surface area contributed by atoms with Crippen molar-refractivity contribution in [2.45, 2.75) is 6.92 Å². The lowest BCUT2D eigenvalue weighted by atomic mass is 10.2. The van der Waals surface area contributed by atoms with Gasteiger partial charge in [0.25, 0.3) is 0 Å². The molecule has 0 radical (unpaired) electrons. The molecule has 18 heavy (non-hydrogen) atoms. The van der Waals surface area contributed by atoms with Crippen LogP contribution in [0.5, 0.6) is 0 Å². The van der Waals surface area contributed by atoms with Gasteiger partial charge in [-0.1, -0.05) is 17.4 Å². The number of hydrogen-bond donors (Lipinski definition) is 1. The fraction of sp³-hybridized carbons (Fsp3) is 0.0833. The Morgan fingerprint density at radius 3 is 3.00 bits per heavy atom. The number of rotatable bonds is 1. The minimum Gasteiger partial charge on any atom is -0.382 e. The number of nitrogens with two attached hydrogens (primary N) is 1. The second-order valence-electron chi connectivity index (χ2n) is 3.93. The summed E-state index contributed by atoms with van der Waals surface area (Å²) in [7, 11) is 0. The number of benzene rings is 1. The normalized spacial score (nSPS) is 10.7. The molecule has 0 bridgehead atoms. The summed E-state index contributed by atoms with van der Waals surface area (Å²) in [5.74, 6) is 0.327. The van der Waals surface area contributed by atoms with Gasteiger partial charge in [-0.3, -0.25) is 0 Å². The quantitative estimate of drug-likeness (QED) is 0.723. The topological polar surface area (TPSA) is 80.5 Å². The van der Waals surface area contributed by atoms with Gasteiger partial charge >= 0.3 is 0 Å². The fourth-order valence-corrected chi connectivity index (χ4v) is 2.74. The first-order chi connectivity index (χ1) is 8.69. The number of aromatic nitrogens is 3. The fourth-order valence-electron chi connectivity index (χ4n) is 1.71. The van der Waals surface area contributed by atoms with Gasteiger partial charge in [-0.05, 0) is 24.6 Å². The van der Waals surface area contributed by atoms with Crippen LogP contribution in [0, 0.1) is 18.3 Å². The van der Waals surface area contributed by atoms with Crippen molar-refractivity contribution in [3.63, 3.8) is 0 Å². The zero-order valence-electron chi connectivity index (χ0n) is 9.58. The third kappa shape index (κ3) is 1.53. The number of nitrogen functional groups attached to an aromatic ring is 1. The number of thiazole rings is 1. The summed E-state index contributed by atoms with van der Waals surface area (Å²) in [6.45, 7) is 2.04. The zero-order chi connectivity index (χ0) is 12.7. The van der Waals surface area contributed by atoms with E-state index in [2.05, 4.69) is 16.1 Å². The van der Waals surface area contributed by atoms with E-state index in [1.807, 2.05) is 25.1 Å². The maximum Gasteiger partial charge on any atom is 0.213 e. The van der Waals surface area contributed by atoms with E-state index in [-0.39, 0.29) is 0 Å². The summed E-state index contributed by atoms with van der Waals surface area (Å²) in [5, 5.41) is 13.6. The Labute approximate surface area is 107 Å². The molecule has 88 valence electrons. The molecule has 2 N–H and O–H groups in total. The van der Waals surface area contributed by atoms with Crippen LogP contribution in [0.15, 0.2) is 24.4 Å². The standard InChI is InChI=1S/C12H9N5S/c1-7-2-3-9-10(4-7)18-12(16-9)17-11(14)8(5-13)6-15-17/h2-4,6H,14H2,1H3. The summed E-state index contributed by atoms with van der Waals surface area (Å²) in [6.07, 6.45) is 1.45. The molecule has 0 amide bonds. The highest BCUT2D eigenvalue weighted by Crippen LogP contribution is 2.27. The molecular weight excluding hydrogens is 246 g/mol. The summed E-state index contributed by atoms with van der Waals surface area (Å²) >= 11 is 1.50. The number of fused-ring (bicyclic) bond motifs is 1. The smallest absolute Gasteiger partial charge is 0.213 e. The lowest BCUT2D eigenvalue weighted by molar-refractivity contribution is 0.883. The predicted octanol–water partition coefficient (Wildman–Crippen LogP) is 2.24. The van der Waals surface area contributed by atoms with Crippen molar-refractivity contribution in [1.82, 2.24) is 14.8 Å². The SMILES string of the molecule is Cc1ccc2nc(-n3ncc(C#N)c3N)sc2c1. The first-order valence-corrected chi connectivity index (χ1v) is 6.12. The number of hydrogen-bond acceptors (Lipinski definition) is 5. The van der Waals surface area contributed by atoms with Gasteiger partial charge in [0, 0.05) is 0 Å². The van der Waals surface area contributed by atoms with Crippen LogP contribution in [-0.2, 0) is 0 Å². The molecule has 1 aromatic carbocycles. The molecular formula is C12H9N5S. The van der Waals surface area contributed by atoms with Crippen molar-refractivity contribution in [3.05, 3.63) is 35.5 Å². The second kappa shape index (κ2) is 3.82.